The number of thioether (sulfide) groups is 1. The predicted octanol–water partition coefficient (Wildman–Crippen LogP) is 3.47. The van der Waals surface area contributed by atoms with Crippen molar-refractivity contribution in [3.63, 3.8) is 0 Å². The lowest BCUT2D eigenvalue weighted by atomic mass is 9.97. The summed E-state index contributed by atoms with van der Waals surface area (Å²) in [5.41, 5.74) is 2.68. The maximum Gasteiger partial charge on any atom is 0.290 e. The van der Waals surface area contributed by atoms with Crippen molar-refractivity contribution in [2.45, 2.75) is 19.4 Å². The molecule has 2 aliphatic rings. The summed E-state index contributed by atoms with van der Waals surface area (Å²) < 4.78 is 15.2. The molecular weight excluding hydrogens is 519 g/mol. The molecule has 0 aliphatic carbocycles. The quantitative estimate of drug-likeness (QED) is 0.406. The molecule has 5 heterocycles. The molecule has 202 valence electrons. The summed E-state index contributed by atoms with van der Waals surface area (Å²) in [5, 5.41) is 5.31. The number of pyridine rings is 2. The van der Waals surface area contributed by atoms with Crippen LogP contribution in [0.1, 0.15) is 24.1 Å². The number of rotatable bonds is 8. The molecule has 10 nitrogen and oxygen atoms in total. The van der Waals surface area contributed by atoms with E-state index in [-0.39, 0.29) is 11.1 Å². The van der Waals surface area contributed by atoms with Crippen LogP contribution >= 0.6 is 11.8 Å². The van der Waals surface area contributed by atoms with Crippen LogP contribution < -0.4 is 20.4 Å². The smallest absolute Gasteiger partial charge is 0.290 e. The minimum Gasteiger partial charge on any atom is -0.360 e. The Morgan fingerprint density at radius 1 is 1.21 bits per heavy atom. The van der Waals surface area contributed by atoms with Gasteiger partial charge >= 0.3 is 0 Å². The van der Waals surface area contributed by atoms with Crippen LogP contribution in [-0.4, -0.2) is 64.8 Å². The van der Waals surface area contributed by atoms with Crippen LogP contribution in [0.4, 0.5) is 21.0 Å². The van der Waals surface area contributed by atoms with Gasteiger partial charge in [0.05, 0.1) is 16.3 Å². The van der Waals surface area contributed by atoms with Crippen molar-refractivity contribution in [2.24, 2.45) is 5.92 Å². The molecule has 3 aromatic rings. The molecule has 0 spiro atoms. The predicted molar refractivity (Wildman–Crippen MR) is 150 cm³/mol. The molecule has 2 aliphatic heterocycles. The largest absolute Gasteiger partial charge is 0.360 e. The van der Waals surface area contributed by atoms with Gasteiger partial charge in [0.2, 0.25) is 5.95 Å². The number of hydrogen-bond acceptors (Lipinski definition) is 10. The van der Waals surface area contributed by atoms with Crippen molar-refractivity contribution in [1.29, 1.82) is 0 Å². The van der Waals surface area contributed by atoms with E-state index in [9.17, 15) is 9.59 Å². The first kappa shape index (κ1) is 26.7. The van der Waals surface area contributed by atoms with E-state index in [2.05, 4.69) is 35.5 Å². The average molecular weight is 549 g/mol. The van der Waals surface area contributed by atoms with Gasteiger partial charge in [-0.3, -0.25) is 19.9 Å². The van der Waals surface area contributed by atoms with Gasteiger partial charge in [-0.05, 0) is 67.4 Å². The summed E-state index contributed by atoms with van der Waals surface area (Å²) in [7, 11) is 3.57. The van der Waals surface area contributed by atoms with E-state index in [1.54, 1.807) is 55.8 Å². The Bertz CT molecular complexity index is 1390. The van der Waals surface area contributed by atoms with E-state index in [0.717, 1.165) is 49.8 Å². The van der Waals surface area contributed by atoms with Crippen molar-refractivity contribution < 1.29 is 14.0 Å². The molecule has 5 rings (SSSR count). The van der Waals surface area contributed by atoms with Crippen LogP contribution in [0.5, 0.6) is 0 Å². The number of carbonyl (C=O) groups is 2. The van der Waals surface area contributed by atoms with Crippen molar-refractivity contribution >= 4 is 40.8 Å². The number of imide groups is 1. The Kier molecular flexibility index (Phi) is 8.13. The van der Waals surface area contributed by atoms with Crippen molar-refractivity contribution in [1.82, 2.24) is 30.6 Å². The zero-order chi connectivity index (χ0) is 27.4. The number of carbonyl (C=O) groups excluding carboxylic acids is 2. The highest BCUT2D eigenvalue weighted by molar-refractivity contribution is 8.18. The maximum absolute atomic E-state index is 15.2. The van der Waals surface area contributed by atoms with Crippen LogP contribution in [0.25, 0.3) is 17.3 Å². The molecule has 39 heavy (non-hydrogen) atoms. The van der Waals surface area contributed by atoms with E-state index in [1.165, 1.54) is 0 Å². The molecule has 2 N–H and O–H groups in total. The summed E-state index contributed by atoms with van der Waals surface area (Å²) >= 11 is 0.867. The molecule has 0 radical (unpaired) electrons. The Morgan fingerprint density at radius 2 is 2.03 bits per heavy atom. The molecule has 0 bridgehead atoms. The second kappa shape index (κ2) is 11.9. The molecule has 2 saturated heterocycles. The van der Waals surface area contributed by atoms with Gasteiger partial charge in [-0.15, -0.1) is 0 Å². The number of aromatic nitrogens is 4. The Morgan fingerprint density at radius 3 is 2.72 bits per heavy atom. The molecule has 0 aromatic carbocycles. The third-order valence-corrected chi connectivity index (χ3v) is 7.44. The fourth-order valence-corrected chi connectivity index (χ4v) is 5.22. The van der Waals surface area contributed by atoms with Crippen molar-refractivity contribution in [2.75, 3.05) is 43.5 Å². The number of anilines is 2. The fraction of sp³-hybridized carbons (Fsp3) is 0.333. The molecule has 12 heteroatoms. The fourth-order valence-electron chi connectivity index (χ4n) is 4.55. The highest BCUT2D eigenvalue weighted by Gasteiger charge is 2.26. The minimum atomic E-state index is -0.406. The zero-order valence-corrected chi connectivity index (χ0v) is 22.5. The normalized spacial score (nSPS) is 17.1. The number of nitrogens with one attached hydrogen (secondary N) is 2. The minimum absolute atomic E-state index is 0.304. The van der Waals surface area contributed by atoms with Gasteiger partial charge in [-0.2, -0.15) is 0 Å². The topological polar surface area (TPSA) is 116 Å². The second-order valence-corrected chi connectivity index (χ2v) is 10.7. The van der Waals surface area contributed by atoms with Crippen LogP contribution in [-0.2, 0) is 11.3 Å². The van der Waals surface area contributed by atoms with Gasteiger partial charge in [-0.1, -0.05) is 0 Å². The molecular formula is C27H29FN8O2S. The molecule has 0 atom stereocenters. The van der Waals surface area contributed by atoms with Crippen LogP contribution in [0.3, 0.4) is 0 Å². The number of hydrogen-bond donors (Lipinski definition) is 2. The van der Waals surface area contributed by atoms with Crippen molar-refractivity contribution in [3.05, 3.63) is 64.8 Å². The molecule has 2 fully saturated rings. The third kappa shape index (κ3) is 6.40. The molecule has 0 saturated carbocycles. The van der Waals surface area contributed by atoms with E-state index in [0.29, 0.717) is 46.1 Å². The summed E-state index contributed by atoms with van der Waals surface area (Å²) in [5.74, 6) is 0.616. The Labute approximate surface area is 230 Å². The van der Waals surface area contributed by atoms with Crippen LogP contribution in [0.15, 0.2) is 47.8 Å². The van der Waals surface area contributed by atoms with Crippen LogP contribution in [0.2, 0.25) is 0 Å². The molecule has 0 unspecified atom stereocenters. The number of amides is 2. The molecule has 2 amide bonds. The lowest BCUT2D eigenvalue weighted by molar-refractivity contribution is -0.115. The van der Waals surface area contributed by atoms with Gasteiger partial charge in [-0.25, -0.2) is 19.3 Å². The Hall–Kier alpha value is -3.90. The zero-order valence-electron chi connectivity index (χ0n) is 21.7. The lowest BCUT2D eigenvalue weighted by Crippen LogP contribution is -2.38. The first-order valence-corrected chi connectivity index (χ1v) is 13.5. The summed E-state index contributed by atoms with van der Waals surface area (Å²) in [4.78, 5) is 45.0. The standard InChI is InChI=1S/C27H29FN8O2S/c1-35(2)24-23(28)19(12-21(33-24)18-4-3-8-29-15-18)16-30-14-17-6-10-36(11-7-17)26-31-9-5-20(32-26)13-22-25(37)34-27(38)39-22/h3-5,8-9,12-13,15,17,30H,6-7,10-11,14,16H2,1-2H3,(H,34,37,38). The third-order valence-electron chi connectivity index (χ3n) is 6.63. The first-order chi connectivity index (χ1) is 18.9. The maximum atomic E-state index is 15.2. The van der Waals surface area contributed by atoms with Gasteiger partial charge in [0.15, 0.2) is 11.6 Å². The van der Waals surface area contributed by atoms with Crippen molar-refractivity contribution in [3.8, 4) is 11.3 Å². The average Bonchev–Trinajstić information content (AvgIpc) is 3.26. The SMILES string of the molecule is CN(C)c1nc(-c2cccnc2)cc(CNCC2CCN(c3nccc(C=C4SC(=O)NC4=O)n3)CC2)c1F. The van der Waals surface area contributed by atoms with E-state index >= 15 is 4.39 Å². The van der Waals surface area contributed by atoms with E-state index in [4.69, 9.17) is 0 Å². The number of nitrogens with zero attached hydrogens (tertiary/aromatic N) is 6. The summed E-state index contributed by atoms with van der Waals surface area (Å²) in [6.07, 6.45) is 8.58. The van der Waals surface area contributed by atoms with Gasteiger partial charge in [0.1, 0.15) is 0 Å². The summed E-state index contributed by atoms with van der Waals surface area (Å²) in [6, 6.07) is 7.26. The van der Waals surface area contributed by atoms with E-state index in [1.807, 2.05) is 12.1 Å². The van der Waals surface area contributed by atoms with Gasteiger partial charge in [0, 0.05) is 63.4 Å². The monoisotopic (exact) mass is 548 g/mol. The van der Waals surface area contributed by atoms with Crippen LogP contribution in [0, 0.1) is 11.7 Å². The van der Waals surface area contributed by atoms with Gasteiger partial charge < -0.3 is 15.1 Å². The number of piperidine rings is 1. The first-order valence-electron chi connectivity index (χ1n) is 12.7. The second-order valence-electron chi connectivity index (χ2n) is 9.64. The summed E-state index contributed by atoms with van der Waals surface area (Å²) in [6.45, 7) is 2.75. The van der Waals surface area contributed by atoms with Gasteiger partial charge in [0.25, 0.3) is 11.1 Å². The Balaban J connectivity index is 1.17. The number of halogens is 1. The highest BCUT2D eigenvalue weighted by Crippen LogP contribution is 2.27. The van der Waals surface area contributed by atoms with E-state index < -0.39 is 5.91 Å². The molecule has 3 aromatic heterocycles. The highest BCUT2D eigenvalue weighted by atomic mass is 32.2. The lowest BCUT2D eigenvalue weighted by Gasteiger charge is -2.32.